The number of carbonyl (C=O) groups excluding carboxylic acids is 1. The molecule has 0 heterocycles. The molecular formula is C13H12F3NO5. The van der Waals surface area contributed by atoms with E-state index in [0.29, 0.717) is 0 Å². The number of ether oxygens (including phenoxy) is 1. The van der Waals surface area contributed by atoms with Crippen LogP contribution in [0, 0.1) is 10.1 Å². The maximum atomic E-state index is 12.8. The molecule has 22 heavy (non-hydrogen) atoms. The van der Waals surface area contributed by atoms with E-state index in [0.717, 1.165) is 19.2 Å². The topological polar surface area (TPSA) is 89.7 Å². The lowest BCUT2D eigenvalue weighted by Crippen LogP contribution is -2.65. The molecule has 1 aromatic rings. The molecule has 0 bridgehead atoms. The number of nitro benzene ring substituents is 1. The lowest BCUT2D eigenvalue weighted by atomic mass is 9.55. The fourth-order valence-corrected chi connectivity index (χ4v) is 2.71. The van der Waals surface area contributed by atoms with Crippen LogP contribution in [-0.4, -0.2) is 34.9 Å². The lowest BCUT2D eigenvalue weighted by Gasteiger charge is -2.51. The maximum Gasteiger partial charge on any atom is 0.417 e. The van der Waals surface area contributed by atoms with Crippen LogP contribution in [0.1, 0.15) is 18.4 Å². The number of methoxy groups -OCH3 is 1. The number of benzene rings is 1. The summed E-state index contributed by atoms with van der Waals surface area (Å²) in [5, 5.41) is 20.2. The molecule has 6 nitrogen and oxygen atoms in total. The first kappa shape index (κ1) is 16.2. The van der Waals surface area contributed by atoms with Gasteiger partial charge in [-0.1, -0.05) is 12.1 Å². The van der Waals surface area contributed by atoms with Crippen molar-refractivity contribution in [2.24, 2.45) is 0 Å². The molecule has 0 amide bonds. The standard InChI is InChI=1S/C13H12F3NO5/c1-22-10(18)11(6-12(19,7-11)13(14,15)16)8-2-4-9(5-3-8)17(20)21/h2-5,19H,6-7H2,1H3. The lowest BCUT2D eigenvalue weighted by molar-refractivity contribution is -0.384. The summed E-state index contributed by atoms with van der Waals surface area (Å²) in [7, 11) is 1.03. The number of esters is 1. The number of rotatable bonds is 3. The van der Waals surface area contributed by atoms with Crippen molar-refractivity contribution >= 4 is 11.7 Å². The molecule has 1 aliphatic carbocycles. The molecule has 2 rings (SSSR count). The normalized spacial score (nSPS) is 27.9. The number of hydrogen-bond donors (Lipinski definition) is 1. The van der Waals surface area contributed by atoms with Crippen molar-refractivity contribution in [1.29, 1.82) is 0 Å². The summed E-state index contributed by atoms with van der Waals surface area (Å²) in [4.78, 5) is 21.8. The van der Waals surface area contributed by atoms with E-state index in [1.807, 2.05) is 0 Å². The Labute approximate surface area is 122 Å². The quantitative estimate of drug-likeness (QED) is 0.523. The van der Waals surface area contributed by atoms with Gasteiger partial charge < -0.3 is 9.84 Å². The van der Waals surface area contributed by atoms with Crippen LogP contribution in [0.15, 0.2) is 24.3 Å². The summed E-state index contributed by atoms with van der Waals surface area (Å²) in [5.74, 6) is -0.921. The molecule has 1 saturated carbocycles. The Morgan fingerprint density at radius 1 is 1.32 bits per heavy atom. The van der Waals surface area contributed by atoms with Gasteiger partial charge in [-0.25, -0.2) is 0 Å². The molecule has 0 spiro atoms. The van der Waals surface area contributed by atoms with Gasteiger partial charge in [-0.05, 0) is 5.56 Å². The predicted octanol–water partition coefficient (Wildman–Crippen LogP) is 2.09. The molecule has 9 heteroatoms. The van der Waals surface area contributed by atoms with Crippen LogP contribution >= 0.6 is 0 Å². The molecule has 1 aliphatic rings. The minimum absolute atomic E-state index is 0.138. The van der Waals surface area contributed by atoms with E-state index >= 15 is 0 Å². The highest BCUT2D eigenvalue weighted by Crippen LogP contribution is 2.57. The van der Waals surface area contributed by atoms with Gasteiger partial charge in [-0.15, -0.1) is 0 Å². The Morgan fingerprint density at radius 2 is 1.82 bits per heavy atom. The Hall–Kier alpha value is -2.16. The third kappa shape index (κ3) is 2.31. The van der Waals surface area contributed by atoms with Crippen LogP contribution < -0.4 is 0 Å². The molecule has 1 aromatic carbocycles. The first-order chi connectivity index (χ1) is 10.1. The summed E-state index contributed by atoms with van der Waals surface area (Å²) in [6, 6.07) is 4.58. The van der Waals surface area contributed by atoms with Gasteiger partial charge in [0.05, 0.1) is 17.4 Å². The highest BCUT2D eigenvalue weighted by Gasteiger charge is 2.70. The van der Waals surface area contributed by atoms with Crippen LogP contribution in [0.3, 0.4) is 0 Å². The largest absolute Gasteiger partial charge is 0.468 e. The SMILES string of the molecule is COC(=O)C1(c2ccc([N+](=O)[O-])cc2)CC(O)(C(F)(F)F)C1. The van der Waals surface area contributed by atoms with E-state index in [1.165, 1.54) is 12.1 Å². The summed E-state index contributed by atoms with van der Waals surface area (Å²) in [6.45, 7) is 0. The van der Waals surface area contributed by atoms with Gasteiger partial charge in [-0.3, -0.25) is 14.9 Å². The van der Waals surface area contributed by atoms with Crippen molar-refractivity contribution in [2.45, 2.75) is 30.0 Å². The molecule has 0 saturated heterocycles. The summed E-state index contributed by atoms with van der Waals surface area (Å²) >= 11 is 0. The zero-order chi connectivity index (χ0) is 16.8. The Bertz CT molecular complexity index is 605. The second-order valence-electron chi connectivity index (χ2n) is 5.26. The molecular weight excluding hydrogens is 307 g/mol. The van der Waals surface area contributed by atoms with E-state index in [4.69, 9.17) is 0 Å². The van der Waals surface area contributed by atoms with Gasteiger partial charge in [0.25, 0.3) is 5.69 Å². The highest BCUT2D eigenvalue weighted by atomic mass is 19.4. The van der Waals surface area contributed by atoms with Crippen LogP contribution in [0.2, 0.25) is 0 Å². The maximum absolute atomic E-state index is 12.8. The Kier molecular flexibility index (Phi) is 3.64. The summed E-state index contributed by atoms with van der Waals surface area (Å²) in [6.07, 6.45) is -6.63. The number of hydrogen-bond acceptors (Lipinski definition) is 5. The van der Waals surface area contributed by atoms with Crippen molar-refractivity contribution in [3.8, 4) is 0 Å². The van der Waals surface area contributed by atoms with E-state index < -0.39 is 40.9 Å². The van der Waals surface area contributed by atoms with Crippen molar-refractivity contribution in [1.82, 2.24) is 0 Å². The second-order valence-corrected chi connectivity index (χ2v) is 5.26. The average Bonchev–Trinajstić information content (AvgIpc) is 2.41. The first-order valence-corrected chi connectivity index (χ1v) is 6.18. The molecule has 0 radical (unpaired) electrons. The number of nitrogens with zero attached hydrogens (tertiary/aromatic N) is 1. The molecule has 120 valence electrons. The number of aliphatic hydroxyl groups is 1. The van der Waals surface area contributed by atoms with Crippen molar-refractivity contribution in [2.75, 3.05) is 7.11 Å². The van der Waals surface area contributed by atoms with Gasteiger partial charge in [0.15, 0.2) is 5.60 Å². The van der Waals surface area contributed by atoms with Crippen LogP contribution in [0.4, 0.5) is 18.9 Å². The first-order valence-electron chi connectivity index (χ1n) is 6.18. The fraction of sp³-hybridized carbons (Fsp3) is 0.462. The molecule has 1 N–H and O–H groups in total. The molecule has 0 aliphatic heterocycles. The number of nitro groups is 1. The van der Waals surface area contributed by atoms with Crippen LogP contribution in [0.5, 0.6) is 0 Å². The zero-order valence-electron chi connectivity index (χ0n) is 11.4. The van der Waals surface area contributed by atoms with Gasteiger partial charge in [0.2, 0.25) is 0 Å². The molecule has 0 atom stereocenters. The van der Waals surface area contributed by atoms with Gasteiger partial charge in [0, 0.05) is 25.0 Å². The molecule has 0 aromatic heterocycles. The molecule has 1 fully saturated rings. The van der Waals surface area contributed by atoms with Gasteiger partial charge >= 0.3 is 12.1 Å². The average molecular weight is 319 g/mol. The van der Waals surface area contributed by atoms with Crippen molar-refractivity contribution in [3.05, 3.63) is 39.9 Å². The highest BCUT2D eigenvalue weighted by molar-refractivity contribution is 5.85. The zero-order valence-corrected chi connectivity index (χ0v) is 11.4. The van der Waals surface area contributed by atoms with E-state index in [9.17, 15) is 33.2 Å². The van der Waals surface area contributed by atoms with Crippen molar-refractivity contribution in [3.63, 3.8) is 0 Å². The third-order valence-corrected chi connectivity index (χ3v) is 3.92. The van der Waals surface area contributed by atoms with E-state index in [-0.39, 0.29) is 11.3 Å². The predicted molar refractivity (Wildman–Crippen MR) is 67.0 cm³/mol. The van der Waals surface area contributed by atoms with Crippen LogP contribution in [0.25, 0.3) is 0 Å². The smallest absolute Gasteiger partial charge is 0.417 e. The molecule has 0 unspecified atom stereocenters. The minimum Gasteiger partial charge on any atom is -0.468 e. The third-order valence-electron chi connectivity index (χ3n) is 3.92. The summed E-state index contributed by atoms with van der Waals surface area (Å²) < 4.78 is 42.9. The van der Waals surface area contributed by atoms with Gasteiger partial charge in [-0.2, -0.15) is 13.2 Å². The van der Waals surface area contributed by atoms with E-state index in [2.05, 4.69) is 4.74 Å². The number of carbonyl (C=O) groups is 1. The van der Waals surface area contributed by atoms with Crippen LogP contribution in [-0.2, 0) is 14.9 Å². The monoisotopic (exact) mass is 319 g/mol. The second kappa shape index (κ2) is 4.94. The Balaban J connectivity index is 2.38. The summed E-state index contributed by atoms with van der Waals surface area (Å²) in [5.41, 5.74) is -4.75. The number of non-ortho nitro benzene ring substituents is 1. The van der Waals surface area contributed by atoms with E-state index in [1.54, 1.807) is 0 Å². The van der Waals surface area contributed by atoms with Crippen molar-refractivity contribution < 1.29 is 32.7 Å². The minimum atomic E-state index is -4.87. The number of halogens is 3. The Morgan fingerprint density at radius 3 is 2.18 bits per heavy atom. The fourth-order valence-electron chi connectivity index (χ4n) is 2.71. The number of alkyl halides is 3. The van der Waals surface area contributed by atoms with Gasteiger partial charge in [0.1, 0.15) is 0 Å².